The molecule has 0 heterocycles. The lowest BCUT2D eigenvalue weighted by Crippen LogP contribution is -2.00. The van der Waals surface area contributed by atoms with Crippen LogP contribution in [-0.2, 0) is 6.42 Å². The minimum Gasteiger partial charge on any atom is -0.259 e. The molecule has 0 unspecified atom stereocenters. The molecule has 0 aromatic heterocycles. The van der Waals surface area contributed by atoms with Gasteiger partial charge in [0.25, 0.3) is 0 Å². The van der Waals surface area contributed by atoms with Gasteiger partial charge in [-0.3, -0.25) is 10.1 Å². The van der Waals surface area contributed by atoms with Gasteiger partial charge in [0.15, 0.2) is 0 Å². The van der Waals surface area contributed by atoms with Gasteiger partial charge in [0.05, 0.1) is 11.3 Å². The molecule has 0 aliphatic rings. The first-order valence-corrected chi connectivity index (χ1v) is 3.66. The molecule has 0 fully saturated rings. The Bertz CT molecular complexity index is 332. The van der Waals surface area contributed by atoms with Gasteiger partial charge in [-0.2, -0.15) is 0 Å². The number of rotatable bonds is 3. The molecule has 0 saturated heterocycles. The fraction of sp³-hybridized carbons (Fsp3) is 0.111. The number of halogens is 1. The average Bonchev–Trinajstić information content (AvgIpc) is 2.08. The summed E-state index contributed by atoms with van der Waals surface area (Å²) < 4.78 is 12.4. The highest BCUT2D eigenvalue weighted by molar-refractivity contribution is 5.19. The molecule has 0 aliphatic heterocycles. The first-order chi connectivity index (χ1) is 6.09. The van der Waals surface area contributed by atoms with Crippen LogP contribution in [0.15, 0.2) is 36.5 Å². The third-order valence-electron chi connectivity index (χ3n) is 1.58. The normalized spacial score (nSPS) is 9.62. The van der Waals surface area contributed by atoms with Crippen molar-refractivity contribution in [2.45, 2.75) is 6.42 Å². The molecule has 0 aliphatic carbocycles. The minimum atomic E-state index is -0.538. The van der Waals surface area contributed by atoms with Crippen molar-refractivity contribution in [3.05, 3.63) is 58.0 Å². The summed E-state index contributed by atoms with van der Waals surface area (Å²) >= 11 is 0. The van der Waals surface area contributed by atoms with Crippen LogP contribution in [0, 0.1) is 15.9 Å². The van der Waals surface area contributed by atoms with Crippen LogP contribution in [0.3, 0.4) is 0 Å². The second-order valence-electron chi connectivity index (χ2n) is 2.63. The molecule has 68 valence electrons. The smallest absolute Gasteiger partial charge is 0.243 e. The van der Waals surface area contributed by atoms with Crippen LogP contribution in [-0.4, -0.2) is 4.92 Å². The van der Waals surface area contributed by atoms with Gasteiger partial charge in [0.1, 0.15) is 5.82 Å². The molecular formula is C9H8FNO2. The Morgan fingerprint density at radius 1 is 1.46 bits per heavy atom. The van der Waals surface area contributed by atoms with Gasteiger partial charge >= 0.3 is 0 Å². The van der Waals surface area contributed by atoms with E-state index in [1.54, 1.807) is 0 Å². The van der Waals surface area contributed by atoms with E-state index in [0.717, 1.165) is 0 Å². The first kappa shape index (κ1) is 9.38. The van der Waals surface area contributed by atoms with Gasteiger partial charge in [-0.1, -0.05) is 12.1 Å². The molecule has 0 atom stereocenters. The highest BCUT2D eigenvalue weighted by Gasteiger charge is 2.07. The molecule has 0 bridgehead atoms. The Morgan fingerprint density at radius 2 is 2.00 bits per heavy atom. The van der Waals surface area contributed by atoms with E-state index < -0.39 is 4.92 Å². The van der Waals surface area contributed by atoms with Crippen LogP contribution in [0.4, 0.5) is 4.39 Å². The Labute approximate surface area is 74.7 Å². The van der Waals surface area contributed by atoms with Gasteiger partial charge in [-0.25, -0.2) is 4.39 Å². The van der Waals surface area contributed by atoms with Crippen molar-refractivity contribution in [1.82, 2.24) is 0 Å². The summed E-state index contributed by atoms with van der Waals surface area (Å²) in [5.41, 5.74) is 0.592. The van der Waals surface area contributed by atoms with Crippen LogP contribution in [0.1, 0.15) is 5.56 Å². The molecule has 3 nitrogen and oxygen atoms in total. The molecule has 0 spiro atoms. The fourth-order valence-corrected chi connectivity index (χ4v) is 0.902. The van der Waals surface area contributed by atoms with E-state index in [-0.39, 0.29) is 17.9 Å². The highest BCUT2D eigenvalue weighted by Crippen LogP contribution is 2.08. The van der Waals surface area contributed by atoms with Crippen LogP contribution in [0.25, 0.3) is 0 Å². The monoisotopic (exact) mass is 181 g/mol. The molecule has 1 rings (SSSR count). The lowest BCUT2D eigenvalue weighted by molar-refractivity contribution is -0.426. The minimum absolute atomic E-state index is 0.0911. The molecule has 1 aromatic carbocycles. The predicted octanol–water partition coefficient (Wildman–Crippen LogP) is 2.16. The number of nitrogens with zero attached hydrogens (tertiary/aromatic N) is 1. The molecule has 0 N–H and O–H groups in total. The molecule has 0 amide bonds. The maximum atomic E-state index is 12.4. The van der Waals surface area contributed by atoms with Gasteiger partial charge in [0.2, 0.25) is 5.70 Å². The molecular weight excluding hydrogens is 173 g/mol. The number of hydrogen-bond acceptors (Lipinski definition) is 2. The summed E-state index contributed by atoms with van der Waals surface area (Å²) in [5.74, 6) is -0.351. The summed E-state index contributed by atoms with van der Waals surface area (Å²) in [6, 6.07) is 5.54. The van der Waals surface area contributed by atoms with Gasteiger partial charge in [0, 0.05) is 0 Å². The van der Waals surface area contributed by atoms with Gasteiger partial charge in [-0.15, -0.1) is 0 Å². The van der Waals surface area contributed by atoms with Crippen molar-refractivity contribution < 1.29 is 9.31 Å². The van der Waals surface area contributed by atoms with Crippen molar-refractivity contribution in [3.8, 4) is 0 Å². The second-order valence-corrected chi connectivity index (χ2v) is 2.63. The lowest BCUT2D eigenvalue weighted by atomic mass is 10.1. The van der Waals surface area contributed by atoms with Crippen molar-refractivity contribution in [2.24, 2.45) is 0 Å². The Kier molecular flexibility index (Phi) is 2.74. The van der Waals surface area contributed by atoms with E-state index in [9.17, 15) is 14.5 Å². The van der Waals surface area contributed by atoms with Crippen LogP contribution in [0.2, 0.25) is 0 Å². The summed E-state index contributed by atoms with van der Waals surface area (Å²) in [4.78, 5) is 9.66. The first-order valence-electron chi connectivity index (χ1n) is 3.66. The van der Waals surface area contributed by atoms with Crippen LogP contribution >= 0.6 is 0 Å². The van der Waals surface area contributed by atoms with E-state index in [2.05, 4.69) is 6.58 Å². The third kappa shape index (κ3) is 2.66. The zero-order chi connectivity index (χ0) is 9.84. The van der Waals surface area contributed by atoms with Crippen molar-refractivity contribution in [1.29, 1.82) is 0 Å². The number of benzene rings is 1. The maximum absolute atomic E-state index is 12.4. The van der Waals surface area contributed by atoms with E-state index >= 15 is 0 Å². The number of hydrogen-bond donors (Lipinski definition) is 0. The zero-order valence-electron chi connectivity index (χ0n) is 6.87. The Morgan fingerprint density at radius 3 is 2.46 bits per heavy atom. The van der Waals surface area contributed by atoms with E-state index in [1.165, 1.54) is 24.3 Å². The molecule has 0 radical (unpaired) electrons. The van der Waals surface area contributed by atoms with Gasteiger partial charge < -0.3 is 0 Å². The standard InChI is InChI=1S/C9H8FNO2/c1-7(11(12)13)6-8-2-4-9(10)5-3-8/h2-5H,1,6H2. The van der Waals surface area contributed by atoms with E-state index in [0.29, 0.717) is 5.56 Å². The molecule has 4 heteroatoms. The largest absolute Gasteiger partial charge is 0.259 e. The van der Waals surface area contributed by atoms with E-state index in [4.69, 9.17) is 0 Å². The van der Waals surface area contributed by atoms with E-state index in [1.807, 2.05) is 0 Å². The maximum Gasteiger partial charge on any atom is 0.243 e. The molecule has 0 saturated carbocycles. The number of allylic oxidation sites excluding steroid dienone is 1. The number of nitro groups is 1. The summed E-state index contributed by atoms with van der Waals surface area (Å²) in [5, 5.41) is 10.2. The fourth-order valence-electron chi connectivity index (χ4n) is 0.902. The van der Waals surface area contributed by atoms with Gasteiger partial charge in [-0.05, 0) is 24.3 Å². The Hall–Kier alpha value is -1.71. The van der Waals surface area contributed by atoms with Crippen molar-refractivity contribution in [3.63, 3.8) is 0 Å². The van der Waals surface area contributed by atoms with Crippen LogP contribution < -0.4 is 0 Å². The third-order valence-corrected chi connectivity index (χ3v) is 1.58. The quantitative estimate of drug-likeness (QED) is 0.529. The highest BCUT2D eigenvalue weighted by atomic mass is 19.1. The topological polar surface area (TPSA) is 43.1 Å². The summed E-state index contributed by atoms with van der Waals surface area (Å²) in [6.07, 6.45) is 0.146. The Balaban J connectivity index is 2.70. The lowest BCUT2D eigenvalue weighted by Gasteiger charge is -1.97. The molecule has 1 aromatic rings. The predicted molar refractivity (Wildman–Crippen MR) is 46.2 cm³/mol. The zero-order valence-corrected chi connectivity index (χ0v) is 6.87. The summed E-state index contributed by atoms with van der Waals surface area (Å²) in [6.45, 7) is 3.28. The SMILES string of the molecule is C=C(Cc1ccc(F)cc1)[N+](=O)[O-]. The van der Waals surface area contributed by atoms with Crippen molar-refractivity contribution in [2.75, 3.05) is 0 Å². The van der Waals surface area contributed by atoms with Crippen LogP contribution in [0.5, 0.6) is 0 Å². The van der Waals surface area contributed by atoms with Crippen molar-refractivity contribution >= 4 is 0 Å². The second kappa shape index (κ2) is 3.80. The summed E-state index contributed by atoms with van der Waals surface area (Å²) in [7, 11) is 0. The average molecular weight is 181 g/mol. The molecule has 13 heavy (non-hydrogen) atoms.